The van der Waals surface area contributed by atoms with Gasteiger partial charge in [-0.1, -0.05) is 0 Å². The standard InChI is InChI=1S/Ca.Mg.Na.OSi.3O/c;;;1-2;;;/q2*+2;+1;+2;3*-2. The molecule has 0 bridgehead atoms. The van der Waals surface area contributed by atoms with Gasteiger partial charge in [-0.3, -0.25) is 0 Å². The van der Waals surface area contributed by atoms with Gasteiger partial charge < -0.3 is 16.4 Å². The molecule has 0 aliphatic carbocycles. The van der Waals surface area contributed by atoms with Crippen molar-refractivity contribution >= 4 is 70.9 Å². The second-order valence-electron chi connectivity index (χ2n) is 0. The molecule has 0 rings (SSSR count). The molecule has 8 heteroatoms. The van der Waals surface area contributed by atoms with Crippen LogP contribution in [-0.2, 0) is 20.9 Å². The van der Waals surface area contributed by atoms with E-state index < -0.39 is 0 Å². The fraction of sp³-hybridized carbons (Fsp3) is 0. The molecule has 0 aromatic heterocycles. The van der Waals surface area contributed by atoms with Gasteiger partial charge in [-0.2, -0.15) is 0 Å². The van der Waals surface area contributed by atoms with Gasteiger partial charge in [-0.05, 0) is 0 Å². The van der Waals surface area contributed by atoms with E-state index in [0.29, 0.717) is 0 Å². The number of rotatable bonds is 0. The maximum atomic E-state index is 8.06. The van der Waals surface area contributed by atoms with E-state index in [0.717, 1.165) is 0 Å². The van der Waals surface area contributed by atoms with Crippen LogP contribution in [0.1, 0.15) is 0 Å². The van der Waals surface area contributed by atoms with E-state index in [2.05, 4.69) is 0 Å². The Balaban J connectivity index is -0.000000000333. The first-order chi connectivity index (χ1) is 1.00. The van der Waals surface area contributed by atoms with Gasteiger partial charge in [0.2, 0.25) is 0 Å². The molecule has 0 aliphatic heterocycles. The quantitative estimate of drug-likeness (QED) is 0.343. The van der Waals surface area contributed by atoms with Crippen LogP contribution in [0.4, 0.5) is 0 Å². The summed E-state index contributed by atoms with van der Waals surface area (Å²) in [5, 5.41) is 0. The largest absolute Gasteiger partial charge is 2.00 e. The first-order valence-electron chi connectivity index (χ1n) is 0.204. The van der Waals surface area contributed by atoms with Crippen LogP contribution in [0, 0.1) is 0 Å². The Hall–Kier alpha value is 2.92. The van der Waals surface area contributed by atoms with Crippen LogP contribution < -0.4 is 29.6 Å². The van der Waals surface area contributed by atoms with Crippen LogP contribution >= 0.6 is 0 Å². The molecule has 0 aromatic rings. The van der Waals surface area contributed by atoms with Crippen molar-refractivity contribution in [2.75, 3.05) is 0 Å². The summed E-state index contributed by atoms with van der Waals surface area (Å²) in [7, 11) is 1.72. The normalized spacial score (nSPS) is 0.750. The average Bonchev–Trinajstić information content (AvgIpc) is 1.00. The van der Waals surface area contributed by atoms with Gasteiger partial charge in [0, 0.05) is 0 Å². The summed E-state index contributed by atoms with van der Waals surface area (Å²) in [6.07, 6.45) is 0. The Labute approximate surface area is 119 Å². The van der Waals surface area contributed by atoms with Gasteiger partial charge in [-0.15, -0.1) is 0 Å². The summed E-state index contributed by atoms with van der Waals surface area (Å²) in [5.41, 5.74) is 0. The second-order valence-corrected chi connectivity index (χ2v) is 0. The molecule has 0 radical (unpaired) electrons. The minimum absolute atomic E-state index is 0. The molecule has 8 heavy (non-hydrogen) atoms. The smallest absolute Gasteiger partial charge is 2.00 e. The van der Waals surface area contributed by atoms with Crippen molar-refractivity contribution in [3.63, 3.8) is 0 Å². The molecule has 0 N–H and O–H groups in total. The molecule has 0 unspecified atom stereocenters. The Bertz CT molecular complexity index is 16.0. The van der Waals surface area contributed by atoms with Gasteiger partial charge in [-0.25, -0.2) is 0 Å². The second kappa shape index (κ2) is 92.5. The summed E-state index contributed by atoms with van der Waals surface area (Å²) in [5.74, 6) is 0. The monoisotopic (exact) mass is 179 g/mol. The first-order valence-corrected chi connectivity index (χ1v) is 0.612. The zero-order chi connectivity index (χ0) is 2.00. The zero-order valence-electron chi connectivity index (χ0n) is 4.55. The molecule has 0 fully saturated rings. The number of hydrogen-bond acceptors (Lipinski definition) is 1. The predicted molar refractivity (Wildman–Crippen MR) is 20.0 cm³/mol. The van der Waals surface area contributed by atoms with Crippen LogP contribution in [0.3, 0.4) is 0 Å². The Morgan fingerprint density at radius 3 is 0.875 bits per heavy atom. The van der Waals surface area contributed by atoms with E-state index in [1.807, 2.05) is 0 Å². The summed E-state index contributed by atoms with van der Waals surface area (Å²) in [6.45, 7) is 0. The maximum absolute atomic E-state index is 8.06. The molecule has 0 saturated heterocycles. The van der Waals surface area contributed by atoms with E-state index in [4.69, 9.17) is 4.46 Å². The summed E-state index contributed by atoms with van der Waals surface area (Å²) >= 11 is 0. The van der Waals surface area contributed by atoms with E-state index in [9.17, 15) is 0 Å². The van der Waals surface area contributed by atoms with E-state index in [1.165, 1.54) is 0 Å². The third kappa shape index (κ3) is 65.6. The predicted octanol–water partition coefficient (Wildman–Crippen LogP) is -4.61. The molecule has 0 saturated carbocycles. The maximum Gasteiger partial charge on any atom is 2.00 e. The fourth-order valence-electron chi connectivity index (χ4n) is 0. The Kier molecular flexibility index (Phi) is 808. The SMILES string of the molecule is O=[Si+2].[Ca+2].[Mg+2].[Na+].[O-2].[O-2].[O-2]. The van der Waals surface area contributed by atoms with Gasteiger partial charge >= 0.3 is 105 Å². The third-order valence-corrected chi connectivity index (χ3v) is 0. The molecular formula is CaMgNaO4Si+. The third-order valence-electron chi connectivity index (χ3n) is 0. The van der Waals surface area contributed by atoms with Crippen molar-refractivity contribution in [2.45, 2.75) is 0 Å². The zero-order valence-corrected chi connectivity index (χ0v) is 11.2. The molecule has 0 amide bonds. The summed E-state index contributed by atoms with van der Waals surface area (Å²) in [4.78, 5) is 0. The van der Waals surface area contributed by atoms with E-state index in [1.54, 1.807) is 10.1 Å². The van der Waals surface area contributed by atoms with Crippen LogP contribution in [0.5, 0.6) is 0 Å². The summed E-state index contributed by atoms with van der Waals surface area (Å²) in [6, 6.07) is 0. The van der Waals surface area contributed by atoms with Crippen molar-refractivity contribution in [3.8, 4) is 0 Å². The van der Waals surface area contributed by atoms with Crippen LogP contribution in [-0.4, -0.2) is 70.9 Å². The minimum Gasteiger partial charge on any atom is -2.00 e. The Morgan fingerprint density at radius 1 is 0.875 bits per heavy atom. The van der Waals surface area contributed by atoms with Crippen molar-refractivity contribution in [1.29, 1.82) is 0 Å². The van der Waals surface area contributed by atoms with Crippen molar-refractivity contribution in [3.05, 3.63) is 0 Å². The van der Waals surface area contributed by atoms with Crippen LogP contribution in [0.2, 0.25) is 0 Å². The van der Waals surface area contributed by atoms with Crippen molar-refractivity contribution < 1.29 is 50.4 Å². The molecule has 0 aliphatic rings. The van der Waals surface area contributed by atoms with Gasteiger partial charge in [0.15, 0.2) is 0 Å². The van der Waals surface area contributed by atoms with Crippen molar-refractivity contribution in [2.24, 2.45) is 0 Å². The molecular weight excluding hydrogens is 179 g/mol. The molecule has 0 spiro atoms. The van der Waals surface area contributed by atoms with Crippen LogP contribution in [0.15, 0.2) is 0 Å². The Morgan fingerprint density at radius 2 is 0.875 bits per heavy atom. The van der Waals surface area contributed by atoms with E-state index in [-0.39, 0.29) is 107 Å². The number of hydrogen-bond donors (Lipinski definition) is 0. The average molecular weight is 179 g/mol. The topological polar surface area (TPSA) is 103 Å². The summed E-state index contributed by atoms with van der Waals surface area (Å²) < 4.78 is 8.06. The molecule has 0 atom stereocenters. The van der Waals surface area contributed by atoms with E-state index >= 15 is 0 Å². The van der Waals surface area contributed by atoms with Gasteiger partial charge in [0.25, 0.3) is 0 Å². The van der Waals surface area contributed by atoms with Crippen LogP contribution in [0.25, 0.3) is 0 Å². The van der Waals surface area contributed by atoms with Crippen molar-refractivity contribution in [1.82, 2.24) is 0 Å². The molecule has 0 heterocycles. The molecule has 0 aromatic carbocycles. The minimum atomic E-state index is 0. The van der Waals surface area contributed by atoms with Gasteiger partial charge in [0.05, 0.1) is 0 Å². The van der Waals surface area contributed by atoms with Gasteiger partial charge in [0.1, 0.15) is 0 Å². The molecule has 32 valence electrons. The fourth-order valence-corrected chi connectivity index (χ4v) is 0. The molecule has 4 nitrogen and oxygen atoms in total. The first kappa shape index (κ1) is 69.9.